The summed E-state index contributed by atoms with van der Waals surface area (Å²) in [5.74, 6) is 0. The molecule has 0 fully saturated rings. The second-order valence-corrected chi connectivity index (χ2v) is 8.55. The van der Waals surface area contributed by atoms with E-state index in [0.29, 0.717) is 11.6 Å². The van der Waals surface area contributed by atoms with E-state index in [4.69, 9.17) is 11.6 Å². The van der Waals surface area contributed by atoms with Crippen LogP contribution in [0.5, 0.6) is 0 Å². The van der Waals surface area contributed by atoms with Gasteiger partial charge in [-0.15, -0.1) is 0 Å². The lowest BCUT2D eigenvalue weighted by molar-refractivity contribution is 0.119. The fourth-order valence-corrected chi connectivity index (χ4v) is 5.13. The van der Waals surface area contributed by atoms with Crippen LogP contribution in [0.25, 0.3) is 0 Å². The van der Waals surface area contributed by atoms with Gasteiger partial charge >= 0.3 is 0 Å². The molecule has 0 aromatic heterocycles. The summed E-state index contributed by atoms with van der Waals surface area (Å²) in [5.41, 5.74) is 7.42. The van der Waals surface area contributed by atoms with Crippen LogP contribution in [-0.4, -0.2) is 16.4 Å². The highest BCUT2D eigenvalue weighted by Gasteiger charge is 2.54. The minimum Gasteiger partial charge on any atom is -0.370 e. The highest BCUT2D eigenvalue weighted by Crippen LogP contribution is 2.53. The van der Waals surface area contributed by atoms with Crippen LogP contribution in [0.1, 0.15) is 16.7 Å². The van der Waals surface area contributed by atoms with E-state index >= 15 is 0 Å². The van der Waals surface area contributed by atoms with Crippen molar-refractivity contribution in [1.29, 1.82) is 0 Å². The number of aliphatic hydroxyl groups is 1. The van der Waals surface area contributed by atoms with Gasteiger partial charge in [-0.1, -0.05) is 84.0 Å². The largest absolute Gasteiger partial charge is 0.370 e. The molecule has 0 aliphatic carbocycles. The Labute approximate surface area is 172 Å². The maximum absolute atomic E-state index is 11.4. The van der Waals surface area contributed by atoms with Gasteiger partial charge in [0.2, 0.25) is 0 Å². The highest BCUT2D eigenvalue weighted by atomic mass is 35.5. The molecular weight excluding hydrogens is 390 g/mol. The number of hydrogen-bond acceptors (Lipinski definition) is 5. The van der Waals surface area contributed by atoms with Crippen molar-refractivity contribution in [3.05, 3.63) is 101 Å². The van der Waals surface area contributed by atoms with Crippen LogP contribution in [0.15, 0.2) is 84.0 Å². The zero-order valence-electron chi connectivity index (χ0n) is 14.9. The van der Waals surface area contributed by atoms with Crippen molar-refractivity contribution in [2.24, 2.45) is 5.10 Å². The molecule has 2 unspecified atom stereocenters. The average molecular weight is 408 g/mol. The van der Waals surface area contributed by atoms with Crippen molar-refractivity contribution in [3.63, 3.8) is 0 Å². The van der Waals surface area contributed by atoms with Crippen LogP contribution in [0, 0.1) is 0 Å². The van der Waals surface area contributed by atoms with Crippen molar-refractivity contribution in [2.75, 3.05) is 4.90 Å². The van der Waals surface area contributed by atoms with Gasteiger partial charge in [-0.3, -0.25) is 5.43 Å². The van der Waals surface area contributed by atoms with Crippen molar-refractivity contribution >= 4 is 34.1 Å². The fraction of sp³-hybridized carbons (Fsp3) is 0.136. The first-order valence-electron chi connectivity index (χ1n) is 9.05. The first kappa shape index (κ1) is 17.6. The molecule has 5 rings (SSSR count). The maximum Gasteiger partial charge on any atom is 0.177 e. The Kier molecular flexibility index (Phi) is 4.31. The van der Waals surface area contributed by atoms with Gasteiger partial charge in [-0.05, 0) is 23.8 Å². The van der Waals surface area contributed by atoms with Crippen LogP contribution in [-0.2, 0) is 11.4 Å². The van der Waals surface area contributed by atoms with Crippen molar-refractivity contribution in [1.82, 2.24) is 5.43 Å². The van der Waals surface area contributed by atoms with Crippen LogP contribution in [0.3, 0.4) is 0 Å². The third-order valence-electron chi connectivity index (χ3n) is 5.14. The molecule has 0 saturated carbocycles. The summed E-state index contributed by atoms with van der Waals surface area (Å²) in [6.45, 7) is 0.583. The van der Waals surface area contributed by atoms with Gasteiger partial charge in [-0.2, -0.15) is 5.10 Å². The molecule has 2 atom stereocenters. The number of thioether (sulfide) groups is 1. The molecule has 1 spiro atoms. The smallest absolute Gasteiger partial charge is 0.177 e. The number of nitrogens with zero attached hydrogens (tertiary/aromatic N) is 2. The first-order valence-corrected chi connectivity index (χ1v) is 10.2. The lowest BCUT2D eigenvalue weighted by atomic mass is 10.1. The van der Waals surface area contributed by atoms with Crippen LogP contribution in [0.2, 0.25) is 5.02 Å². The van der Waals surface area contributed by atoms with Gasteiger partial charge in [0.05, 0.1) is 0 Å². The summed E-state index contributed by atoms with van der Waals surface area (Å²) in [6, 6.07) is 25.9. The number of hydrogen-bond donors (Lipinski definition) is 2. The molecule has 140 valence electrons. The number of fused-ring (bicyclic) bond motifs is 2. The maximum atomic E-state index is 11.4. The third-order valence-corrected chi connectivity index (χ3v) is 6.76. The highest BCUT2D eigenvalue weighted by molar-refractivity contribution is 8.15. The predicted octanol–water partition coefficient (Wildman–Crippen LogP) is 4.53. The monoisotopic (exact) mass is 407 g/mol. The normalized spacial score (nSPS) is 22.9. The van der Waals surface area contributed by atoms with E-state index in [1.54, 1.807) is 11.8 Å². The molecule has 0 bridgehead atoms. The Hall–Kier alpha value is -2.47. The zero-order chi connectivity index (χ0) is 19.1. The number of anilines is 1. The zero-order valence-corrected chi connectivity index (χ0v) is 16.5. The molecule has 2 aliphatic heterocycles. The van der Waals surface area contributed by atoms with Crippen molar-refractivity contribution in [3.8, 4) is 0 Å². The molecule has 2 aliphatic rings. The standard InChI is InChI=1S/C22H18ClN3OS/c23-17-12-10-15(11-13-17)14-26-19-9-5-4-8-18(19)22(21(26)27)25-24-20(28-22)16-6-2-1-3-7-16/h1-13,21,25,27H,14H2. The van der Waals surface area contributed by atoms with E-state index in [-0.39, 0.29) is 0 Å². The number of benzene rings is 3. The minimum atomic E-state index is -0.768. The van der Waals surface area contributed by atoms with Crippen molar-refractivity contribution in [2.45, 2.75) is 17.6 Å². The number of para-hydroxylation sites is 1. The Morgan fingerprint density at radius 1 is 1.00 bits per heavy atom. The number of rotatable bonds is 3. The summed E-state index contributed by atoms with van der Waals surface area (Å²) in [4.78, 5) is 1.29. The SMILES string of the molecule is OC1N(Cc2ccc(Cl)cc2)c2ccccc2C12NN=C(c1ccccc1)S2. The van der Waals surface area contributed by atoms with Gasteiger partial charge in [-0.25, -0.2) is 0 Å². The topological polar surface area (TPSA) is 47.9 Å². The van der Waals surface area contributed by atoms with Gasteiger partial charge in [0.1, 0.15) is 5.04 Å². The van der Waals surface area contributed by atoms with E-state index in [0.717, 1.165) is 27.4 Å². The van der Waals surface area contributed by atoms with Gasteiger partial charge < -0.3 is 10.0 Å². The Morgan fingerprint density at radius 2 is 1.71 bits per heavy atom. The minimum absolute atomic E-state index is 0.583. The number of aliphatic hydroxyl groups excluding tert-OH is 1. The van der Waals surface area contributed by atoms with E-state index < -0.39 is 11.1 Å². The van der Waals surface area contributed by atoms with Crippen LogP contribution in [0.4, 0.5) is 5.69 Å². The van der Waals surface area contributed by atoms with Gasteiger partial charge in [0, 0.05) is 28.4 Å². The molecule has 4 nitrogen and oxygen atoms in total. The first-order chi connectivity index (χ1) is 13.7. The molecule has 28 heavy (non-hydrogen) atoms. The second-order valence-electron chi connectivity index (χ2n) is 6.88. The molecule has 3 aromatic rings. The van der Waals surface area contributed by atoms with Gasteiger partial charge in [0.15, 0.2) is 11.1 Å². The average Bonchev–Trinajstić information content (AvgIpc) is 3.28. The Bertz CT molecular complexity index is 1040. The summed E-state index contributed by atoms with van der Waals surface area (Å²) >= 11 is 7.59. The molecule has 2 N–H and O–H groups in total. The van der Waals surface area contributed by atoms with E-state index in [1.165, 1.54) is 0 Å². The Morgan fingerprint density at radius 3 is 2.50 bits per heavy atom. The summed E-state index contributed by atoms with van der Waals surface area (Å²) in [6.07, 6.45) is -0.768. The van der Waals surface area contributed by atoms with Crippen molar-refractivity contribution < 1.29 is 5.11 Å². The molecule has 6 heteroatoms. The molecular formula is C22H18ClN3OS. The lowest BCUT2D eigenvalue weighted by Gasteiger charge is -2.31. The molecule has 3 aromatic carbocycles. The van der Waals surface area contributed by atoms with Crippen LogP contribution < -0.4 is 10.3 Å². The third kappa shape index (κ3) is 2.78. The number of halogens is 1. The van der Waals surface area contributed by atoms with E-state index in [1.807, 2.05) is 77.7 Å². The van der Waals surface area contributed by atoms with E-state index in [2.05, 4.69) is 16.6 Å². The summed E-state index contributed by atoms with van der Waals surface area (Å²) in [7, 11) is 0. The van der Waals surface area contributed by atoms with Crippen LogP contribution >= 0.6 is 23.4 Å². The fourth-order valence-electron chi connectivity index (χ4n) is 3.75. The molecule has 0 saturated heterocycles. The Balaban J connectivity index is 1.50. The predicted molar refractivity (Wildman–Crippen MR) is 115 cm³/mol. The lowest BCUT2D eigenvalue weighted by Crippen LogP contribution is -2.48. The second kappa shape index (κ2) is 6.85. The quantitative estimate of drug-likeness (QED) is 0.669. The molecule has 0 radical (unpaired) electrons. The summed E-state index contributed by atoms with van der Waals surface area (Å²) < 4.78 is 0. The number of nitrogens with one attached hydrogen (secondary N) is 1. The molecule has 2 heterocycles. The molecule has 0 amide bonds. The number of hydrazone groups is 1. The summed E-state index contributed by atoms with van der Waals surface area (Å²) in [5, 5.41) is 17.5. The van der Waals surface area contributed by atoms with Gasteiger partial charge in [0.25, 0.3) is 0 Å². The van der Waals surface area contributed by atoms with E-state index in [9.17, 15) is 5.11 Å².